The summed E-state index contributed by atoms with van der Waals surface area (Å²) in [7, 11) is 3.60. The second-order valence-corrected chi connectivity index (χ2v) is 4.01. The van der Waals surface area contributed by atoms with Crippen LogP contribution in [-0.4, -0.2) is 26.8 Å². The third-order valence-electron chi connectivity index (χ3n) is 2.29. The van der Waals surface area contributed by atoms with Gasteiger partial charge in [0.05, 0.1) is 19.3 Å². The molecular weight excluding hydrogens is 202 g/mol. The Kier molecular flexibility index (Phi) is 5.29. The minimum atomic E-state index is 0.0695. The Morgan fingerprint density at radius 1 is 1.31 bits per heavy atom. The first kappa shape index (κ1) is 13.0. The topological polar surface area (TPSA) is 30.5 Å². The fourth-order valence-electron chi connectivity index (χ4n) is 1.60. The molecule has 16 heavy (non-hydrogen) atoms. The minimum absolute atomic E-state index is 0.0695. The Labute approximate surface area is 97.8 Å². The average molecular weight is 223 g/mol. The summed E-state index contributed by atoms with van der Waals surface area (Å²) in [6.07, 6.45) is 0.282. The maximum Gasteiger partial charge on any atom is 0.119 e. The number of ether oxygens (including phenoxy) is 2. The highest BCUT2D eigenvalue weighted by Gasteiger charge is 2.13. The zero-order valence-electron chi connectivity index (χ0n) is 10.5. The van der Waals surface area contributed by atoms with E-state index >= 15 is 0 Å². The molecule has 0 heterocycles. The summed E-state index contributed by atoms with van der Waals surface area (Å²) in [5.41, 5.74) is 1.14. The molecule has 3 nitrogen and oxygen atoms in total. The highest BCUT2D eigenvalue weighted by molar-refractivity contribution is 5.30. The number of rotatable bonds is 6. The van der Waals surface area contributed by atoms with E-state index in [-0.39, 0.29) is 12.2 Å². The average Bonchev–Trinajstić information content (AvgIpc) is 2.28. The highest BCUT2D eigenvalue weighted by atomic mass is 16.5. The summed E-state index contributed by atoms with van der Waals surface area (Å²) in [4.78, 5) is 0. The van der Waals surface area contributed by atoms with Crippen molar-refractivity contribution in [2.45, 2.75) is 26.1 Å². The van der Waals surface area contributed by atoms with Gasteiger partial charge < -0.3 is 14.8 Å². The van der Waals surface area contributed by atoms with E-state index in [9.17, 15) is 0 Å². The van der Waals surface area contributed by atoms with Crippen molar-refractivity contribution in [2.75, 3.05) is 20.7 Å². The van der Waals surface area contributed by atoms with Gasteiger partial charge in [-0.3, -0.25) is 0 Å². The molecule has 1 rings (SSSR count). The number of likely N-dealkylation sites (N-methyl/N-ethyl adjacent to an activating group) is 1. The van der Waals surface area contributed by atoms with Gasteiger partial charge in [-0.15, -0.1) is 0 Å². The molecule has 1 N–H and O–H groups in total. The summed E-state index contributed by atoms with van der Waals surface area (Å²) >= 11 is 0. The molecule has 0 saturated heterocycles. The monoisotopic (exact) mass is 223 g/mol. The first-order chi connectivity index (χ1) is 7.67. The van der Waals surface area contributed by atoms with Crippen LogP contribution in [0.25, 0.3) is 0 Å². The molecule has 0 aliphatic rings. The number of hydrogen-bond acceptors (Lipinski definition) is 3. The first-order valence-electron chi connectivity index (χ1n) is 5.61. The van der Waals surface area contributed by atoms with Crippen molar-refractivity contribution in [2.24, 2.45) is 0 Å². The van der Waals surface area contributed by atoms with Gasteiger partial charge in [-0.1, -0.05) is 12.1 Å². The predicted molar refractivity (Wildman–Crippen MR) is 65.9 cm³/mol. The summed E-state index contributed by atoms with van der Waals surface area (Å²) in [5.74, 6) is 0.867. The van der Waals surface area contributed by atoms with E-state index < -0.39 is 0 Å². The molecular formula is C13H21NO2. The van der Waals surface area contributed by atoms with E-state index in [2.05, 4.69) is 11.4 Å². The van der Waals surface area contributed by atoms with Gasteiger partial charge in [0.2, 0.25) is 0 Å². The van der Waals surface area contributed by atoms with Gasteiger partial charge in [0, 0.05) is 6.54 Å². The SMILES string of the molecule is CNCC(OC(C)C)c1cccc(OC)c1. The minimum Gasteiger partial charge on any atom is -0.497 e. The van der Waals surface area contributed by atoms with Crippen molar-refractivity contribution in [1.29, 1.82) is 0 Å². The first-order valence-corrected chi connectivity index (χ1v) is 5.61. The van der Waals surface area contributed by atoms with Gasteiger partial charge in [-0.25, -0.2) is 0 Å². The Hall–Kier alpha value is -1.06. The van der Waals surface area contributed by atoms with Crippen molar-refractivity contribution >= 4 is 0 Å². The fraction of sp³-hybridized carbons (Fsp3) is 0.538. The maximum absolute atomic E-state index is 5.86. The van der Waals surface area contributed by atoms with Gasteiger partial charge in [0.15, 0.2) is 0 Å². The lowest BCUT2D eigenvalue weighted by atomic mass is 10.1. The molecule has 0 fully saturated rings. The van der Waals surface area contributed by atoms with Crippen molar-refractivity contribution < 1.29 is 9.47 Å². The molecule has 3 heteroatoms. The van der Waals surface area contributed by atoms with Crippen LogP contribution < -0.4 is 10.1 Å². The van der Waals surface area contributed by atoms with E-state index in [1.807, 2.05) is 39.1 Å². The van der Waals surface area contributed by atoms with Gasteiger partial charge in [0.1, 0.15) is 5.75 Å². The third kappa shape index (κ3) is 3.83. The Balaban J connectivity index is 2.82. The molecule has 0 aromatic heterocycles. The summed E-state index contributed by atoms with van der Waals surface area (Å²) in [6.45, 7) is 4.89. The summed E-state index contributed by atoms with van der Waals surface area (Å²) in [6, 6.07) is 8.01. The van der Waals surface area contributed by atoms with Gasteiger partial charge >= 0.3 is 0 Å². The van der Waals surface area contributed by atoms with Crippen molar-refractivity contribution in [1.82, 2.24) is 5.32 Å². The normalized spacial score (nSPS) is 12.8. The molecule has 0 aliphatic carbocycles. The predicted octanol–water partition coefficient (Wildman–Crippen LogP) is 2.38. The Morgan fingerprint density at radius 2 is 2.06 bits per heavy atom. The summed E-state index contributed by atoms with van der Waals surface area (Å²) < 4.78 is 11.1. The fourth-order valence-corrected chi connectivity index (χ4v) is 1.60. The smallest absolute Gasteiger partial charge is 0.119 e. The van der Waals surface area contributed by atoms with E-state index in [1.54, 1.807) is 7.11 Å². The molecule has 0 spiro atoms. The number of methoxy groups -OCH3 is 1. The second-order valence-electron chi connectivity index (χ2n) is 4.01. The van der Waals surface area contributed by atoms with E-state index in [4.69, 9.17) is 9.47 Å². The van der Waals surface area contributed by atoms with Crippen LogP contribution in [0.3, 0.4) is 0 Å². The van der Waals surface area contributed by atoms with Crippen molar-refractivity contribution in [3.8, 4) is 5.75 Å². The quantitative estimate of drug-likeness (QED) is 0.803. The lowest BCUT2D eigenvalue weighted by molar-refractivity contribution is 0.00804. The lowest BCUT2D eigenvalue weighted by Gasteiger charge is -2.21. The molecule has 0 amide bonds. The van der Waals surface area contributed by atoms with Crippen LogP contribution in [0, 0.1) is 0 Å². The summed E-state index contributed by atoms with van der Waals surface area (Å²) in [5, 5.41) is 3.14. The molecule has 90 valence electrons. The van der Waals surface area contributed by atoms with Crippen LogP contribution in [0.2, 0.25) is 0 Å². The molecule has 0 aliphatic heterocycles. The van der Waals surface area contributed by atoms with Crippen LogP contribution in [0.5, 0.6) is 5.75 Å². The molecule has 1 aromatic carbocycles. The zero-order chi connectivity index (χ0) is 12.0. The van der Waals surface area contributed by atoms with Gasteiger partial charge in [0.25, 0.3) is 0 Å². The molecule has 1 unspecified atom stereocenters. The zero-order valence-corrected chi connectivity index (χ0v) is 10.5. The largest absolute Gasteiger partial charge is 0.497 e. The van der Waals surface area contributed by atoms with E-state index in [0.717, 1.165) is 17.9 Å². The van der Waals surface area contributed by atoms with E-state index in [1.165, 1.54) is 0 Å². The molecule has 1 aromatic rings. The number of hydrogen-bond donors (Lipinski definition) is 1. The molecule has 1 atom stereocenters. The third-order valence-corrected chi connectivity index (χ3v) is 2.29. The van der Waals surface area contributed by atoms with Crippen LogP contribution in [0.15, 0.2) is 24.3 Å². The highest BCUT2D eigenvalue weighted by Crippen LogP contribution is 2.22. The van der Waals surface area contributed by atoms with Crippen LogP contribution >= 0.6 is 0 Å². The molecule has 0 bridgehead atoms. The number of nitrogens with one attached hydrogen (secondary N) is 1. The Morgan fingerprint density at radius 3 is 2.62 bits per heavy atom. The van der Waals surface area contributed by atoms with E-state index in [0.29, 0.717) is 0 Å². The lowest BCUT2D eigenvalue weighted by Crippen LogP contribution is -2.22. The molecule has 0 radical (unpaired) electrons. The number of benzene rings is 1. The van der Waals surface area contributed by atoms with Crippen molar-refractivity contribution in [3.05, 3.63) is 29.8 Å². The second kappa shape index (κ2) is 6.51. The van der Waals surface area contributed by atoms with Crippen LogP contribution in [0.1, 0.15) is 25.5 Å². The van der Waals surface area contributed by atoms with Gasteiger partial charge in [-0.2, -0.15) is 0 Å². The van der Waals surface area contributed by atoms with Crippen LogP contribution in [0.4, 0.5) is 0 Å². The van der Waals surface area contributed by atoms with Gasteiger partial charge in [-0.05, 0) is 38.6 Å². The van der Waals surface area contributed by atoms with Crippen molar-refractivity contribution in [3.63, 3.8) is 0 Å². The Bertz CT molecular complexity index is 313. The van der Waals surface area contributed by atoms with Crippen LogP contribution in [-0.2, 0) is 4.74 Å². The maximum atomic E-state index is 5.86. The molecule has 0 saturated carbocycles. The standard InChI is InChI=1S/C13H21NO2/c1-10(2)16-13(9-14-3)11-6-5-7-12(8-11)15-4/h5-8,10,13-14H,9H2,1-4H3.